The first-order valence-electron chi connectivity index (χ1n) is 7.80. The molecule has 0 saturated carbocycles. The van der Waals surface area contributed by atoms with Crippen molar-refractivity contribution in [3.8, 4) is 11.8 Å². The summed E-state index contributed by atoms with van der Waals surface area (Å²) in [7, 11) is 0. The van der Waals surface area contributed by atoms with Gasteiger partial charge in [-0.3, -0.25) is 14.8 Å². The Balaban J connectivity index is 1.79. The molecule has 0 atom stereocenters. The Hall–Kier alpha value is -3.59. The van der Waals surface area contributed by atoms with E-state index in [4.69, 9.17) is 4.74 Å². The quantitative estimate of drug-likeness (QED) is 0.434. The molecule has 1 N–H and O–H groups in total. The van der Waals surface area contributed by atoms with Crippen molar-refractivity contribution in [3.05, 3.63) is 58.9 Å². The van der Waals surface area contributed by atoms with Crippen molar-refractivity contribution in [1.82, 2.24) is 19.7 Å². The van der Waals surface area contributed by atoms with Gasteiger partial charge in [-0.15, -0.1) is 0 Å². The fourth-order valence-electron chi connectivity index (χ4n) is 2.73. The van der Waals surface area contributed by atoms with Gasteiger partial charge in [-0.1, -0.05) is 18.2 Å². The first kappa shape index (κ1) is 15.9. The van der Waals surface area contributed by atoms with Gasteiger partial charge >= 0.3 is 6.01 Å². The molecule has 4 aromatic rings. The summed E-state index contributed by atoms with van der Waals surface area (Å²) in [4.78, 5) is 19.0. The Morgan fingerprint density at radius 2 is 2.04 bits per heavy atom. The first-order chi connectivity index (χ1) is 12.7. The maximum atomic E-state index is 10.9. The average Bonchev–Trinajstić information content (AvgIpc) is 3.06. The lowest BCUT2D eigenvalue weighted by Gasteiger charge is -2.07. The molecule has 0 aliphatic rings. The van der Waals surface area contributed by atoms with Gasteiger partial charge in [-0.05, 0) is 6.07 Å². The standard InChI is InChI=1S/C17H13N5O4/c23-7-6-21-16-12(10-19-21)5-4-11-9-18-17(20-15(11)16)26-14-3-1-2-13(8-14)22(24)25/h1-5,8-10,23H,6-7H2. The minimum absolute atomic E-state index is 0.0463. The zero-order valence-corrected chi connectivity index (χ0v) is 13.4. The summed E-state index contributed by atoms with van der Waals surface area (Å²) in [6, 6.07) is 9.67. The largest absolute Gasteiger partial charge is 0.424 e. The number of nitro benzene ring substituents is 1. The zero-order valence-electron chi connectivity index (χ0n) is 13.4. The van der Waals surface area contributed by atoms with Crippen molar-refractivity contribution in [2.24, 2.45) is 0 Å². The third-order valence-electron chi connectivity index (χ3n) is 3.88. The van der Waals surface area contributed by atoms with Crippen molar-refractivity contribution >= 4 is 27.5 Å². The van der Waals surface area contributed by atoms with E-state index in [1.807, 2.05) is 12.1 Å². The van der Waals surface area contributed by atoms with Crippen molar-refractivity contribution in [2.75, 3.05) is 6.61 Å². The molecule has 2 aromatic heterocycles. The van der Waals surface area contributed by atoms with Crippen LogP contribution in [0.3, 0.4) is 0 Å². The molecule has 4 rings (SSSR count). The molecule has 2 aromatic carbocycles. The molecule has 2 heterocycles. The molecule has 0 spiro atoms. The van der Waals surface area contributed by atoms with Crippen LogP contribution in [0.2, 0.25) is 0 Å². The van der Waals surface area contributed by atoms with Crippen LogP contribution in [0, 0.1) is 10.1 Å². The maximum Gasteiger partial charge on any atom is 0.322 e. The molecular weight excluding hydrogens is 338 g/mol. The molecule has 0 unspecified atom stereocenters. The lowest BCUT2D eigenvalue weighted by Crippen LogP contribution is -2.04. The van der Waals surface area contributed by atoms with Crippen LogP contribution in [0.1, 0.15) is 0 Å². The number of nitrogens with zero attached hydrogens (tertiary/aromatic N) is 5. The third-order valence-corrected chi connectivity index (χ3v) is 3.88. The van der Waals surface area contributed by atoms with Gasteiger partial charge in [0.2, 0.25) is 0 Å². The summed E-state index contributed by atoms with van der Waals surface area (Å²) >= 11 is 0. The van der Waals surface area contributed by atoms with Crippen molar-refractivity contribution < 1.29 is 14.8 Å². The summed E-state index contributed by atoms with van der Waals surface area (Å²) in [5.74, 6) is 0.273. The summed E-state index contributed by atoms with van der Waals surface area (Å²) < 4.78 is 7.27. The number of aromatic nitrogens is 4. The molecule has 130 valence electrons. The molecule has 9 nitrogen and oxygen atoms in total. The lowest BCUT2D eigenvalue weighted by atomic mass is 10.2. The lowest BCUT2D eigenvalue weighted by molar-refractivity contribution is -0.384. The number of aliphatic hydroxyl groups excluding tert-OH is 1. The fraction of sp³-hybridized carbons (Fsp3) is 0.118. The highest BCUT2D eigenvalue weighted by molar-refractivity contribution is 6.02. The summed E-state index contributed by atoms with van der Waals surface area (Å²) in [5.41, 5.74) is 1.32. The van der Waals surface area contributed by atoms with Gasteiger partial charge in [0, 0.05) is 23.0 Å². The molecule has 0 bridgehead atoms. The van der Waals surface area contributed by atoms with Gasteiger partial charge < -0.3 is 9.84 Å². The van der Waals surface area contributed by atoms with Gasteiger partial charge in [0.15, 0.2) is 0 Å². The number of aliphatic hydroxyl groups is 1. The van der Waals surface area contributed by atoms with Gasteiger partial charge in [-0.25, -0.2) is 4.98 Å². The van der Waals surface area contributed by atoms with E-state index in [-0.39, 0.29) is 24.1 Å². The zero-order chi connectivity index (χ0) is 18.1. The monoisotopic (exact) mass is 351 g/mol. The van der Waals surface area contributed by atoms with E-state index >= 15 is 0 Å². The second-order valence-corrected chi connectivity index (χ2v) is 5.54. The van der Waals surface area contributed by atoms with E-state index in [0.717, 1.165) is 16.3 Å². The summed E-state index contributed by atoms with van der Waals surface area (Å²) in [6.07, 6.45) is 3.32. The molecule has 0 aliphatic carbocycles. The van der Waals surface area contributed by atoms with Gasteiger partial charge in [0.25, 0.3) is 5.69 Å². The second-order valence-electron chi connectivity index (χ2n) is 5.54. The number of rotatable bonds is 5. The topological polar surface area (TPSA) is 116 Å². The fourth-order valence-corrected chi connectivity index (χ4v) is 2.73. The molecule has 0 amide bonds. The predicted octanol–water partition coefficient (Wildman–Crippen LogP) is 2.67. The summed E-state index contributed by atoms with van der Waals surface area (Å²) in [6.45, 7) is 0.295. The Morgan fingerprint density at radius 1 is 1.19 bits per heavy atom. The number of non-ortho nitro benzene ring substituents is 1. The van der Waals surface area contributed by atoms with E-state index in [9.17, 15) is 15.2 Å². The molecule has 26 heavy (non-hydrogen) atoms. The highest BCUT2D eigenvalue weighted by atomic mass is 16.6. The molecule has 9 heteroatoms. The van der Waals surface area contributed by atoms with Crippen molar-refractivity contribution in [3.63, 3.8) is 0 Å². The average molecular weight is 351 g/mol. The first-order valence-corrected chi connectivity index (χ1v) is 7.80. The van der Waals surface area contributed by atoms with Crippen LogP contribution in [-0.2, 0) is 6.54 Å². The van der Waals surface area contributed by atoms with E-state index in [2.05, 4.69) is 15.1 Å². The minimum Gasteiger partial charge on any atom is -0.424 e. The number of hydrogen-bond donors (Lipinski definition) is 1. The molecule has 0 fully saturated rings. The Morgan fingerprint density at radius 3 is 2.85 bits per heavy atom. The van der Waals surface area contributed by atoms with Crippen LogP contribution in [0.4, 0.5) is 5.69 Å². The second kappa shape index (κ2) is 6.37. The van der Waals surface area contributed by atoms with Crippen molar-refractivity contribution in [1.29, 1.82) is 0 Å². The minimum atomic E-state index is -0.495. The van der Waals surface area contributed by atoms with E-state index in [1.54, 1.807) is 23.1 Å². The highest BCUT2D eigenvalue weighted by Crippen LogP contribution is 2.27. The molecule has 0 radical (unpaired) electrons. The molecular formula is C17H13N5O4. The van der Waals surface area contributed by atoms with Gasteiger partial charge in [0.05, 0.1) is 35.9 Å². The van der Waals surface area contributed by atoms with Crippen LogP contribution < -0.4 is 4.74 Å². The van der Waals surface area contributed by atoms with Crippen LogP contribution in [0.5, 0.6) is 11.8 Å². The highest BCUT2D eigenvalue weighted by Gasteiger charge is 2.12. The predicted molar refractivity (Wildman–Crippen MR) is 93.1 cm³/mol. The molecule has 0 saturated heterocycles. The SMILES string of the molecule is O=[N+]([O-])c1cccc(Oc2ncc3ccc4cnn(CCO)c4c3n2)c1. The number of ether oxygens (including phenoxy) is 1. The Labute approximate surface area is 146 Å². The van der Waals surface area contributed by atoms with Gasteiger partial charge in [-0.2, -0.15) is 10.1 Å². The maximum absolute atomic E-state index is 10.9. The normalized spacial score (nSPS) is 11.1. The van der Waals surface area contributed by atoms with Crippen molar-refractivity contribution in [2.45, 2.75) is 6.54 Å². The molecule has 0 aliphatic heterocycles. The Kier molecular flexibility index (Phi) is 3.90. The smallest absolute Gasteiger partial charge is 0.322 e. The van der Waals surface area contributed by atoms with Crippen LogP contribution >= 0.6 is 0 Å². The Bertz CT molecular complexity index is 1120. The van der Waals surface area contributed by atoms with E-state index in [0.29, 0.717) is 12.1 Å². The number of benzene rings is 2. The third kappa shape index (κ3) is 2.80. The van der Waals surface area contributed by atoms with Crippen LogP contribution in [0.25, 0.3) is 21.8 Å². The van der Waals surface area contributed by atoms with E-state index in [1.165, 1.54) is 18.2 Å². The number of hydrogen-bond acceptors (Lipinski definition) is 7. The summed E-state index contributed by atoms with van der Waals surface area (Å²) in [5, 5.41) is 26.0. The number of nitro groups is 1. The van der Waals surface area contributed by atoms with E-state index < -0.39 is 4.92 Å². The number of fused-ring (bicyclic) bond motifs is 3. The van der Waals surface area contributed by atoms with Gasteiger partial charge in [0.1, 0.15) is 11.3 Å². The van der Waals surface area contributed by atoms with Crippen LogP contribution in [0.15, 0.2) is 48.8 Å². The van der Waals surface area contributed by atoms with Crippen LogP contribution in [-0.4, -0.2) is 36.4 Å².